The van der Waals surface area contributed by atoms with Crippen LogP contribution in [0.5, 0.6) is 0 Å². The molecule has 0 aromatic heterocycles. The molecule has 4 N–H and O–H groups in total. The van der Waals surface area contributed by atoms with E-state index in [1.54, 1.807) is 0 Å². The zero-order chi connectivity index (χ0) is 30.6. The molecule has 0 aliphatic carbocycles. The molecule has 6 atom stereocenters. The van der Waals surface area contributed by atoms with Gasteiger partial charge in [0.2, 0.25) is 5.91 Å². The lowest BCUT2D eigenvalue weighted by Gasteiger charge is -2.45. The lowest BCUT2D eigenvalue weighted by Crippen LogP contribution is -2.66. The first kappa shape index (κ1) is 31.5. The standard InChI is InChI=1S/C36H40N2O6/c37-30(21-26-13-5-1-6-14-26)35(39)38-32-34(43-24-29-19-11-4-12-20-29)33(42-23-28-17-9-3-10-18-28)31(44-36(32)40)25-41-22-27-15-7-2-8-16-27/h1-20,30-34,36,40H,21-25,37H2,(H,38,39)/t30-,31+,32+,33+,34+,36+/m0/s1. The van der Waals surface area contributed by atoms with Crippen molar-refractivity contribution in [2.24, 2.45) is 5.73 Å². The van der Waals surface area contributed by atoms with Crippen LogP contribution in [0.2, 0.25) is 0 Å². The van der Waals surface area contributed by atoms with Crippen molar-refractivity contribution in [2.75, 3.05) is 6.61 Å². The van der Waals surface area contributed by atoms with Crippen molar-refractivity contribution < 1.29 is 28.8 Å². The van der Waals surface area contributed by atoms with E-state index >= 15 is 0 Å². The van der Waals surface area contributed by atoms with Crippen LogP contribution in [-0.2, 0) is 50.0 Å². The summed E-state index contributed by atoms with van der Waals surface area (Å²) in [5.41, 5.74) is 10.2. The average molecular weight is 597 g/mol. The Balaban J connectivity index is 1.36. The summed E-state index contributed by atoms with van der Waals surface area (Å²) in [5.74, 6) is -0.421. The van der Waals surface area contributed by atoms with E-state index in [1.165, 1.54) is 0 Å². The maximum Gasteiger partial charge on any atom is 0.237 e. The fraction of sp³-hybridized carbons (Fsp3) is 0.306. The molecule has 1 saturated heterocycles. The van der Waals surface area contributed by atoms with E-state index in [-0.39, 0.29) is 19.8 Å². The molecule has 4 aromatic rings. The van der Waals surface area contributed by atoms with Crippen LogP contribution in [0.25, 0.3) is 0 Å². The molecule has 1 aliphatic rings. The first-order valence-corrected chi connectivity index (χ1v) is 14.9. The topological polar surface area (TPSA) is 112 Å². The lowest BCUT2D eigenvalue weighted by molar-refractivity contribution is -0.278. The normalized spacial score (nSPS) is 22.3. The van der Waals surface area contributed by atoms with Gasteiger partial charge in [-0.05, 0) is 28.7 Å². The molecular weight excluding hydrogens is 556 g/mol. The van der Waals surface area contributed by atoms with Crippen LogP contribution in [-0.4, -0.2) is 54.3 Å². The van der Waals surface area contributed by atoms with Crippen molar-refractivity contribution in [2.45, 2.75) is 62.9 Å². The van der Waals surface area contributed by atoms with E-state index in [9.17, 15) is 9.90 Å². The van der Waals surface area contributed by atoms with Gasteiger partial charge in [-0.25, -0.2) is 0 Å². The highest BCUT2D eigenvalue weighted by Crippen LogP contribution is 2.28. The SMILES string of the molecule is N[C@@H](Cc1ccccc1)C(=O)N[C@@H]1[C@@H](OCc2ccccc2)[C@H](OCc2ccccc2)[C@@H](COCc2ccccc2)O[C@H]1O. The molecule has 8 heteroatoms. The van der Waals surface area contributed by atoms with Crippen LogP contribution in [0.15, 0.2) is 121 Å². The number of nitrogens with one attached hydrogen (secondary N) is 1. The number of aliphatic hydroxyl groups excluding tert-OH is 1. The molecule has 0 unspecified atom stereocenters. The number of carbonyl (C=O) groups excluding carboxylic acids is 1. The fourth-order valence-electron chi connectivity index (χ4n) is 5.24. The smallest absolute Gasteiger partial charge is 0.237 e. The van der Waals surface area contributed by atoms with E-state index in [0.717, 1.165) is 22.3 Å². The van der Waals surface area contributed by atoms with E-state index in [2.05, 4.69) is 5.32 Å². The van der Waals surface area contributed by atoms with E-state index < -0.39 is 42.6 Å². The highest BCUT2D eigenvalue weighted by Gasteiger charge is 2.48. The van der Waals surface area contributed by atoms with Crippen LogP contribution in [0.1, 0.15) is 22.3 Å². The highest BCUT2D eigenvalue weighted by atomic mass is 16.7. The molecule has 1 aliphatic heterocycles. The van der Waals surface area contributed by atoms with Crippen molar-refractivity contribution in [3.63, 3.8) is 0 Å². The van der Waals surface area contributed by atoms with Gasteiger partial charge in [-0.2, -0.15) is 0 Å². The van der Waals surface area contributed by atoms with Crippen molar-refractivity contribution in [3.05, 3.63) is 144 Å². The number of rotatable bonds is 14. The van der Waals surface area contributed by atoms with Gasteiger partial charge in [-0.15, -0.1) is 0 Å². The molecular formula is C36H40N2O6. The molecule has 1 amide bonds. The summed E-state index contributed by atoms with van der Waals surface area (Å²) >= 11 is 0. The Hall–Kier alpha value is -3.89. The molecule has 1 fully saturated rings. The minimum Gasteiger partial charge on any atom is -0.374 e. The van der Waals surface area contributed by atoms with Crippen molar-refractivity contribution >= 4 is 5.91 Å². The monoisotopic (exact) mass is 596 g/mol. The summed E-state index contributed by atoms with van der Waals surface area (Å²) < 4.78 is 25.1. The van der Waals surface area contributed by atoms with Gasteiger partial charge in [-0.1, -0.05) is 121 Å². The second-order valence-electron chi connectivity index (χ2n) is 10.9. The van der Waals surface area contributed by atoms with Gasteiger partial charge in [0, 0.05) is 0 Å². The predicted octanol–water partition coefficient (Wildman–Crippen LogP) is 4.15. The maximum atomic E-state index is 13.4. The molecule has 0 radical (unpaired) electrons. The summed E-state index contributed by atoms with van der Waals surface area (Å²) in [6.07, 6.45) is -3.18. The summed E-state index contributed by atoms with van der Waals surface area (Å²) in [6.45, 7) is 1.03. The maximum absolute atomic E-state index is 13.4. The van der Waals surface area contributed by atoms with Gasteiger partial charge < -0.3 is 35.1 Å². The van der Waals surface area contributed by atoms with Crippen molar-refractivity contribution in [1.29, 1.82) is 0 Å². The minimum atomic E-state index is -1.38. The number of aliphatic hydroxyl groups is 1. The van der Waals surface area contributed by atoms with Gasteiger partial charge in [-0.3, -0.25) is 4.79 Å². The van der Waals surface area contributed by atoms with Crippen LogP contribution in [0.3, 0.4) is 0 Å². The third-order valence-corrected chi connectivity index (χ3v) is 7.57. The number of hydrogen-bond donors (Lipinski definition) is 3. The Morgan fingerprint density at radius 3 is 1.68 bits per heavy atom. The van der Waals surface area contributed by atoms with E-state index in [0.29, 0.717) is 13.0 Å². The van der Waals surface area contributed by atoms with Gasteiger partial charge in [0.05, 0.1) is 32.5 Å². The fourth-order valence-corrected chi connectivity index (χ4v) is 5.24. The zero-order valence-corrected chi connectivity index (χ0v) is 24.6. The first-order valence-electron chi connectivity index (χ1n) is 14.9. The van der Waals surface area contributed by atoms with Crippen molar-refractivity contribution in [1.82, 2.24) is 5.32 Å². The van der Waals surface area contributed by atoms with Gasteiger partial charge >= 0.3 is 0 Å². The van der Waals surface area contributed by atoms with Crippen LogP contribution >= 0.6 is 0 Å². The van der Waals surface area contributed by atoms with Crippen LogP contribution < -0.4 is 11.1 Å². The molecule has 1 heterocycles. The zero-order valence-electron chi connectivity index (χ0n) is 24.6. The number of benzene rings is 4. The Morgan fingerprint density at radius 2 is 1.16 bits per heavy atom. The van der Waals surface area contributed by atoms with E-state index in [1.807, 2.05) is 121 Å². The third kappa shape index (κ3) is 9.06. The Kier molecular flexibility index (Phi) is 11.7. The third-order valence-electron chi connectivity index (χ3n) is 7.57. The molecule has 4 aromatic carbocycles. The van der Waals surface area contributed by atoms with Gasteiger partial charge in [0.1, 0.15) is 24.4 Å². The Morgan fingerprint density at radius 1 is 0.705 bits per heavy atom. The number of nitrogens with two attached hydrogens (primary N) is 1. The summed E-state index contributed by atoms with van der Waals surface area (Å²) in [6, 6.07) is 37.1. The molecule has 230 valence electrons. The summed E-state index contributed by atoms with van der Waals surface area (Å²) in [5, 5.41) is 14.2. The van der Waals surface area contributed by atoms with Gasteiger partial charge in [0.15, 0.2) is 6.29 Å². The molecule has 5 rings (SSSR count). The second-order valence-corrected chi connectivity index (χ2v) is 10.9. The summed E-state index contributed by atoms with van der Waals surface area (Å²) in [4.78, 5) is 13.4. The Bertz CT molecular complexity index is 1390. The molecule has 44 heavy (non-hydrogen) atoms. The van der Waals surface area contributed by atoms with Crippen LogP contribution in [0.4, 0.5) is 0 Å². The van der Waals surface area contributed by atoms with Crippen molar-refractivity contribution in [3.8, 4) is 0 Å². The number of carbonyl (C=O) groups is 1. The quantitative estimate of drug-likeness (QED) is 0.201. The molecule has 0 bridgehead atoms. The minimum absolute atomic E-state index is 0.144. The lowest BCUT2D eigenvalue weighted by atomic mass is 9.95. The van der Waals surface area contributed by atoms with Crippen LogP contribution in [0, 0.1) is 0 Å². The first-order chi connectivity index (χ1) is 21.6. The number of ether oxygens (including phenoxy) is 4. The molecule has 0 spiro atoms. The second kappa shape index (κ2) is 16.3. The molecule has 8 nitrogen and oxygen atoms in total. The Labute approximate surface area is 258 Å². The highest BCUT2D eigenvalue weighted by molar-refractivity contribution is 5.82. The largest absolute Gasteiger partial charge is 0.374 e. The molecule has 0 saturated carbocycles. The summed E-state index contributed by atoms with van der Waals surface area (Å²) in [7, 11) is 0. The number of hydrogen-bond acceptors (Lipinski definition) is 7. The predicted molar refractivity (Wildman–Crippen MR) is 167 cm³/mol. The van der Waals surface area contributed by atoms with E-state index in [4.69, 9.17) is 24.7 Å². The average Bonchev–Trinajstić information content (AvgIpc) is 3.06. The van der Waals surface area contributed by atoms with Gasteiger partial charge in [0.25, 0.3) is 0 Å². The number of amides is 1.